The summed E-state index contributed by atoms with van der Waals surface area (Å²) in [5, 5.41) is 0. The van der Waals surface area contributed by atoms with E-state index in [9.17, 15) is 0 Å². The van der Waals surface area contributed by atoms with Crippen molar-refractivity contribution in [1.29, 1.82) is 0 Å². The van der Waals surface area contributed by atoms with Crippen molar-refractivity contribution in [3.8, 4) is 34.3 Å². The highest BCUT2D eigenvalue weighted by atomic mass is 32.1. The summed E-state index contributed by atoms with van der Waals surface area (Å²) in [6.07, 6.45) is 5.96. The minimum atomic E-state index is 0.480. The Hall–Kier alpha value is -1.96. The highest BCUT2D eigenvalue weighted by molar-refractivity contribution is 7.15. The van der Waals surface area contributed by atoms with Crippen molar-refractivity contribution in [3.05, 3.63) is 34.7 Å². The number of hydrogen-bond donors (Lipinski definition) is 0. The molecule has 1 aliphatic heterocycles. The standard InChI is InChI=1S/C21H25NO2S/c1-5-6-10-23-19-13-17(20-8-7-16(4)25-20)12-18-14-22(15(2)3)9-11-24-21(18)19/h1,7-8,12-13,15H,6,9-11,14H2,2-4H3. The SMILES string of the molecule is C#CCCOc1cc(-c2ccc(C)s2)cc2c1OCCN(C(C)C)C2. The number of thiophene rings is 1. The van der Waals surface area contributed by atoms with Crippen LogP contribution in [0.25, 0.3) is 10.4 Å². The Labute approximate surface area is 154 Å². The molecule has 3 nitrogen and oxygen atoms in total. The van der Waals surface area contributed by atoms with E-state index in [4.69, 9.17) is 15.9 Å². The first-order valence-electron chi connectivity index (χ1n) is 8.75. The van der Waals surface area contributed by atoms with Crippen LogP contribution in [0.3, 0.4) is 0 Å². The smallest absolute Gasteiger partial charge is 0.165 e. The number of hydrogen-bond acceptors (Lipinski definition) is 4. The Bertz CT molecular complexity index is 773. The normalized spacial score (nSPS) is 14.5. The summed E-state index contributed by atoms with van der Waals surface area (Å²) in [7, 11) is 0. The van der Waals surface area contributed by atoms with Crippen LogP contribution in [0.4, 0.5) is 0 Å². The van der Waals surface area contributed by atoms with E-state index in [1.54, 1.807) is 11.3 Å². The fourth-order valence-electron chi connectivity index (χ4n) is 3.00. The molecular formula is C21H25NO2S. The van der Waals surface area contributed by atoms with Crippen molar-refractivity contribution in [1.82, 2.24) is 4.90 Å². The number of benzene rings is 1. The van der Waals surface area contributed by atoms with E-state index in [0.717, 1.165) is 24.6 Å². The topological polar surface area (TPSA) is 21.7 Å². The van der Waals surface area contributed by atoms with Crippen LogP contribution in [-0.2, 0) is 6.54 Å². The van der Waals surface area contributed by atoms with Gasteiger partial charge in [-0.15, -0.1) is 23.7 Å². The van der Waals surface area contributed by atoms with Crippen LogP contribution in [0.15, 0.2) is 24.3 Å². The maximum Gasteiger partial charge on any atom is 0.165 e. The quantitative estimate of drug-likeness (QED) is 0.572. The van der Waals surface area contributed by atoms with Crippen LogP contribution < -0.4 is 9.47 Å². The lowest BCUT2D eigenvalue weighted by molar-refractivity contribution is 0.186. The van der Waals surface area contributed by atoms with Gasteiger partial charge in [0.2, 0.25) is 0 Å². The van der Waals surface area contributed by atoms with Gasteiger partial charge in [-0.2, -0.15) is 0 Å². The van der Waals surface area contributed by atoms with Gasteiger partial charge >= 0.3 is 0 Å². The van der Waals surface area contributed by atoms with E-state index in [-0.39, 0.29) is 0 Å². The zero-order chi connectivity index (χ0) is 17.8. The zero-order valence-electron chi connectivity index (χ0n) is 15.2. The summed E-state index contributed by atoms with van der Waals surface area (Å²) in [5.74, 6) is 4.31. The molecule has 0 bridgehead atoms. The first kappa shape index (κ1) is 17.8. The Morgan fingerprint density at radius 2 is 2.20 bits per heavy atom. The van der Waals surface area contributed by atoms with Crippen molar-refractivity contribution >= 4 is 11.3 Å². The maximum atomic E-state index is 6.07. The molecule has 0 N–H and O–H groups in total. The molecule has 0 atom stereocenters. The molecule has 1 aliphatic rings. The molecule has 25 heavy (non-hydrogen) atoms. The Morgan fingerprint density at radius 3 is 2.88 bits per heavy atom. The van der Waals surface area contributed by atoms with Gasteiger partial charge in [-0.3, -0.25) is 4.90 Å². The number of terminal acetylenes is 1. The maximum absolute atomic E-state index is 6.07. The van der Waals surface area contributed by atoms with Crippen LogP contribution >= 0.6 is 11.3 Å². The monoisotopic (exact) mass is 355 g/mol. The molecule has 1 aromatic heterocycles. The molecule has 2 aromatic rings. The molecule has 0 amide bonds. The molecule has 0 unspecified atom stereocenters. The van der Waals surface area contributed by atoms with Gasteiger partial charge in [0.05, 0.1) is 6.61 Å². The van der Waals surface area contributed by atoms with Crippen molar-refractivity contribution in [2.45, 2.75) is 39.8 Å². The van der Waals surface area contributed by atoms with E-state index < -0.39 is 0 Å². The average Bonchev–Trinajstić information content (AvgIpc) is 2.89. The lowest BCUT2D eigenvalue weighted by Crippen LogP contribution is -2.32. The molecule has 0 radical (unpaired) electrons. The summed E-state index contributed by atoms with van der Waals surface area (Å²) >= 11 is 1.80. The molecule has 0 fully saturated rings. The van der Waals surface area contributed by atoms with E-state index >= 15 is 0 Å². The van der Waals surface area contributed by atoms with E-state index in [1.165, 1.54) is 20.9 Å². The van der Waals surface area contributed by atoms with E-state index in [2.05, 4.69) is 55.9 Å². The molecule has 0 aliphatic carbocycles. The largest absolute Gasteiger partial charge is 0.489 e. The molecule has 0 saturated heterocycles. The van der Waals surface area contributed by atoms with Crippen LogP contribution in [0.2, 0.25) is 0 Å². The van der Waals surface area contributed by atoms with Crippen LogP contribution in [0.1, 0.15) is 30.7 Å². The molecule has 0 saturated carbocycles. The van der Waals surface area contributed by atoms with Gasteiger partial charge in [-0.1, -0.05) is 0 Å². The van der Waals surface area contributed by atoms with Gasteiger partial charge in [0.25, 0.3) is 0 Å². The summed E-state index contributed by atoms with van der Waals surface area (Å²) < 4.78 is 12.1. The van der Waals surface area contributed by atoms with E-state index in [0.29, 0.717) is 25.7 Å². The van der Waals surface area contributed by atoms with Gasteiger partial charge in [0.1, 0.15) is 6.61 Å². The minimum absolute atomic E-state index is 0.480. The Balaban J connectivity index is 2.01. The van der Waals surface area contributed by atoms with Crippen molar-refractivity contribution < 1.29 is 9.47 Å². The van der Waals surface area contributed by atoms with Crippen molar-refractivity contribution in [2.75, 3.05) is 19.8 Å². The second kappa shape index (κ2) is 7.95. The van der Waals surface area contributed by atoms with Crippen LogP contribution in [0.5, 0.6) is 11.5 Å². The number of aryl methyl sites for hydroxylation is 1. The van der Waals surface area contributed by atoms with Gasteiger partial charge in [0, 0.05) is 40.9 Å². The number of fused-ring (bicyclic) bond motifs is 1. The molecule has 0 spiro atoms. The number of rotatable bonds is 5. The van der Waals surface area contributed by atoms with Crippen LogP contribution in [0, 0.1) is 19.3 Å². The summed E-state index contributed by atoms with van der Waals surface area (Å²) in [6, 6.07) is 9.14. The third-order valence-corrected chi connectivity index (χ3v) is 5.44. The lowest BCUT2D eigenvalue weighted by atomic mass is 10.1. The molecular weight excluding hydrogens is 330 g/mol. The summed E-state index contributed by atoms with van der Waals surface area (Å²) in [4.78, 5) is 4.99. The van der Waals surface area contributed by atoms with Gasteiger partial charge in [-0.05, 0) is 50.6 Å². The van der Waals surface area contributed by atoms with Gasteiger partial charge < -0.3 is 9.47 Å². The highest BCUT2D eigenvalue weighted by Gasteiger charge is 2.22. The third-order valence-electron chi connectivity index (χ3n) is 4.39. The fraction of sp³-hybridized carbons (Fsp3) is 0.429. The highest BCUT2D eigenvalue weighted by Crippen LogP contribution is 2.40. The van der Waals surface area contributed by atoms with Gasteiger partial charge in [0.15, 0.2) is 11.5 Å². The second-order valence-corrected chi connectivity index (χ2v) is 7.88. The van der Waals surface area contributed by atoms with Crippen molar-refractivity contribution in [2.24, 2.45) is 0 Å². The first-order chi connectivity index (χ1) is 12.1. The van der Waals surface area contributed by atoms with E-state index in [1.807, 2.05) is 0 Å². The molecule has 3 rings (SSSR count). The average molecular weight is 356 g/mol. The van der Waals surface area contributed by atoms with Gasteiger partial charge in [-0.25, -0.2) is 0 Å². The Morgan fingerprint density at radius 1 is 1.36 bits per heavy atom. The fourth-order valence-corrected chi connectivity index (χ4v) is 3.86. The lowest BCUT2D eigenvalue weighted by Gasteiger charge is -2.23. The number of ether oxygens (including phenoxy) is 2. The van der Waals surface area contributed by atoms with Crippen LogP contribution in [-0.4, -0.2) is 30.7 Å². The number of nitrogens with zero attached hydrogens (tertiary/aromatic N) is 1. The molecule has 4 heteroatoms. The predicted octanol–water partition coefficient (Wildman–Crippen LogP) is 4.73. The molecule has 2 heterocycles. The first-order valence-corrected chi connectivity index (χ1v) is 9.57. The second-order valence-electron chi connectivity index (χ2n) is 6.59. The zero-order valence-corrected chi connectivity index (χ0v) is 16.0. The predicted molar refractivity (Wildman–Crippen MR) is 104 cm³/mol. The summed E-state index contributed by atoms with van der Waals surface area (Å²) in [5.41, 5.74) is 2.37. The molecule has 132 valence electrons. The van der Waals surface area contributed by atoms with Crippen molar-refractivity contribution in [3.63, 3.8) is 0 Å². The molecule has 1 aromatic carbocycles. The minimum Gasteiger partial charge on any atom is -0.489 e. The summed E-state index contributed by atoms with van der Waals surface area (Å²) in [6.45, 7) is 9.55. The Kier molecular flexibility index (Phi) is 5.67. The third kappa shape index (κ3) is 4.18.